The molecule has 2 heterocycles. The summed E-state index contributed by atoms with van der Waals surface area (Å²) >= 11 is 0. The van der Waals surface area contributed by atoms with Crippen LogP contribution in [0.4, 0.5) is 5.69 Å². The molecular formula is C21H20N2O4. The molecule has 2 aromatic carbocycles. The van der Waals surface area contributed by atoms with Gasteiger partial charge in [0.15, 0.2) is 11.5 Å². The number of H-pyrrole nitrogens is 1. The zero-order valence-electron chi connectivity index (χ0n) is 15.0. The molecule has 0 atom stereocenters. The number of rotatable bonds is 4. The molecule has 6 nitrogen and oxygen atoms in total. The van der Waals surface area contributed by atoms with Gasteiger partial charge in [-0.25, -0.2) is 0 Å². The van der Waals surface area contributed by atoms with Gasteiger partial charge in [-0.3, -0.25) is 9.59 Å². The fourth-order valence-corrected chi connectivity index (χ4v) is 3.17. The zero-order chi connectivity index (χ0) is 18.8. The standard InChI is InChI=1S/C21H20N2O4/c1-13-3-2-4-16(9-13)22-20(24)6-5-14-10-15-11-18-19(27-8-7-26-18)12-17(15)23-21(14)25/h2-4,9-12H,5-8H2,1H3,(H,22,24)(H,23,25). The molecule has 0 saturated heterocycles. The molecule has 4 rings (SSSR count). The Morgan fingerprint density at radius 3 is 2.67 bits per heavy atom. The summed E-state index contributed by atoms with van der Waals surface area (Å²) in [6.07, 6.45) is 0.588. The topological polar surface area (TPSA) is 80.4 Å². The van der Waals surface area contributed by atoms with Crippen molar-refractivity contribution in [3.8, 4) is 11.5 Å². The van der Waals surface area contributed by atoms with E-state index in [9.17, 15) is 9.59 Å². The van der Waals surface area contributed by atoms with Crippen LogP contribution in [0.2, 0.25) is 0 Å². The van der Waals surface area contributed by atoms with Gasteiger partial charge in [0, 0.05) is 29.1 Å². The number of fused-ring (bicyclic) bond motifs is 2. The number of nitrogens with one attached hydrogen (secondary N) is 2. The third kappa shape index (κ3) is 3.79. The Kier molecular flexibility index (Phi) is 4.54. The molecular weight excluding hydrogens is 344 g/mol. The monoisotopic (exact) mass is 364 g/mol. The summed E-state index contributed by atoms with van der Waals surface area (Å²) < 4.78 is 11.1. The number of ether oxygens (including phenoxy) is 2. The molecule has 0 fully saturated rings. The third-order valence-corrected chi connectivity index (χ3v) is 4.51. The molecule has 138 valence electrons. The van der Waals surface area contributed by atoms with Crippen LogP contribution in [-0.2, 0) is 11.2 Å². The number of benzene rings is 2. The second-order valence-electron chi connectivity index (χ2n) is 6.62. The van der Waals surface area contributed by atoms with E-state index in [1.807, 2.05) is 43.3 Å². The molecule has 0 unspecified atom stereocenters. The first-order valence-corrected chi connectivity index (χ1v) is 8.90. The van der Waals surface area contributed by atoms with Crippen LogP contribution in [0, 0.1) is 6.92 Å². The summed E-state index contributed by atoms with van der Waals surface area (Å²) in [7, 11) is 0. The Morgan fingerprint density at radius 1 is 1.11 bits per heavy atom. The first-order valence-electron chi connectivity index (χ1n) is 8.90. The summed E-state index contributed by atoms with van der Waals surface area (Å²) in [5, 5.41) is 3.72. The summed E-state index contributed by atoms with van der Waals surface area (Å²) in [5.41, 5.74) is 2.91. The van der Waals surface area contributed by atoms with Crippen molar-refractivity contribution in [2.24, 2.45) is 0 Å². The smallest absolute Gasteiger partial charge is 0.251 e. The van der Waals surface area contributed by atoms with Crippen LogP contribution in [0.15, 0.2) is 47.3 Å². The van der Waals surface area contributed by atoms with Crippen LogP contribution in [0.3, 0.4) is 0 Å². The van der Waals surface area contributed by atoms with Crippen LogP contribution in [0.25, 0.3) is 10.9 Å². The number of anilines is 1. The van der Waals surface area contributed by atoms with E-state index in [2.05, 4.69) is 10.3 Å². The Labute approximate surface area is 156 Å². The highest BCUT2D eigenvalue weighted by Gasteiger charge is 2.14. The molecule has 27 heavy (non-hydrogen) atoms. The minimum atomic E-state index is -0.192. The van der Waals surface area contributed by atoms with E-state index >= 15 is 0 Å². The molecule has 1 aromatic heterocycles. The Hall–Kier alpha value is -3.28. The molecule has 0 aliphatic carbocycles. The van der Waals surface area contributed by atoms with Gasteiger partial charge in [-0.2, -0.15) is 0 Å². The van der Waals surface area contributed by atoms with Gasteiger partial charge in [0.05, 0.1) is 5.52 Å². The molecule has 3 aromatic rings. The van der Waals surface area contributed by atoms with Gasteiger partial charge in [-0.1, -0.05) is 12.1 Å². The number of aryl methyl sites for hydroxylation is 2. The zero-order valence-corrected chi connectivity index (χ0v) is 15.0. The Bertz CT molecular complexity index is 1070. The SMILES string of the molecule is Cc1cccc(NC(=O)CCc2cc3cc4c(cc3[nH]c2=O)OCCO4)c1. The number of carbonyl (C=O) groups is 1. The fourth-order valence-electron chi connectivity index (χ4n) is 3.17. The highest BCUT2D eigenvalue weighted by Crippen LogP contribution is 2.33. The first kappa shape index (κ1) is 17.1. The van der Waals surface area contributed by atoms with Crippen LogP contribution in [0.1, 0.15) is 17.5 Å². The van der Waals surface area contributed by atoms with Crippen molar-refractivity contribution in [1.82, 2.24) is 4.98 Å². The summed E-state index contributed by atoms with van der Waals surface area (Å²) in [5.74, 6) is 1.18. The molecule has 0 bridgehead atoms. The number of pyridine rings is 1. The van der Waals surface area contributed by atoms with Crippen molar-refractivity contribution < 1.29 is 14.3 Å². The lowest BCUT2D eigenvalue weighted by atomic mass is 10.1. The number of hydrogen-bond acceptors (Lipinski definition) is 4. The first-order chi connectivity index (χ1) is 13.1. The van der Waals surface area contributed by atoms with Crippen molar-refractivity contribution in [3.05, 3.63) is 63.9 Å². The van der Waals surface area contributed by atoms with Crippen molar-refractivity contribution in [2.75, 3.05) is 18.5 Å². The molecule has 6 heteroatoms. The van der Waals surface area contributed by atoms with Crippen molar-refractivity contribution in [2.45, 2.75) is 19.8 Å². The number of hydrogen-bond donors (Lipinski definition) is 2. The van der Waals surface area contributed by atoms with E-state index in [0.29, 0.717) is 42.2 Å². The largest absolute Gasteiger partial charge is 0.486 e. The van der Waals surface area contributed by atoms with Gasteiger partial charge in [-0.05, 0) is 43.2 Å². The van der Waals surface area contributed by atoms with Crippen LogP contribution >= 0.6 is 0 Å². The summed E-state index contributed by atoms with van der Waals surface area (Å²) in [6, 6.07) is 13.1. The fraction of sp³-hybridized carbons (Fsp3) is 0.238. The Morgan fingerprint density at radius 2 is 1.89 bits per heavy atom. The van der Waals surface area contributed by atoms with Crippen LogP contribution in [0.5, 0.6) is 11.5 Å². The predicted octanol–water partition coefficient (Wildman–Crippen LogP) is 3.18. The van der Waals surface area contributed by atoms with E-state index in [1.165, 1.54) is 0 Å². The molecule has 2 N–H and O–H groups in total. The predicted molar refractivity (Wildman–Crippen MR) is 104 cm³/mol. The van der Waals surface area contributed by atoms with Gasteiger partial charge in [0.1, 0.15) is 13.2 Å². The molecule has 0 spiro atoms. The molecule has 1 aliphatic rings. The molecule has 0 radical (unpaired) electrons. The second kappa shape index (κ2) is 7.15. The number of aromatic nitrogens is 1. The highest BCUT2D eigenvalue weighted by molar-refractivity contribution is 5.91. The average Bonchev–Trinajstić information content (AvgIpc) is 2.65. The van der Waals surface area contributed by atoms with Gasteiger partial charge >= 0.3 is 0 Å². The Balaban J connectivity index is 1.50. The normalized spacial score (nSPS) is 12.8. The summed E-state index contributed by atoms with van der Waals surface area (Å²) in [6.45, 7) is 2.97. The van der Waals surface area contributed by atoms with E-state index in [-0.39, 0.29) is 17.9 Å². The van der Waals surface area contributed by atoms with E-state index in [1.54, 1.807) is 6.07 Å². The lowest BCUT2D eigenvalue weighted by Crippen LogP contribution is -2.18. The number of carbonyl (C=O) groups excluding carboxylic acids is 1. The van der Waals surface area contributed by atoms with Crippen molar-refractivity contribution in [3.63, 3.8) is 0 Å². The quantitative estimate of drug-likeness (QED) is 0.745. The van der Waals surface area contributed by atoms with Crippen LogP contribution in [-0.4, -0.2) is 24.1 Å². The lowest BCUT2D eigenvalue weighted by Gasteiger charge is -2.18. The summed E-state index contributed by atoms with van der Waals surface area (Å²) in [4.78, 5) is 27.4. The maximum atomic E-state index is 12.4. The lowest BCUT2D eigenvalue weighted by molar-refractivity contribution is -0.116. The number of aromatic amines is 1. The van der Waals surface area contributed by atoms with E-state index in [0.717, 1.165) is 16.6 Å². The maximum absolute atomic E-state index is 12.4. The van der Waals surface area contributed by atoms with Crippen LogP contribution < -0.4 is 20.3 Å². The highest BCUT2D eigenvalue weighted by atomic mass is 16.6. The number of amides is 1. The van der Waals surface area contributed by atoms with Crippen molar-refractivity contribution >= 4 is 22.5 Å². The minimum Gasteiger partial charge on any atom is -0.486 e. The van der Waals surface area contributed by atoms with Crippen molar-refractivity contribution in [1.29, 1.82) is 0 Å². The van der Waals surface area contributed by atoms with E-state index in [4.69, 9.17) is 9.47 Å². The minimum absolute atomic E-state index is 0.123. The van der Waals surface area contributed by atoms with E-state index < -0.39 is 0 Å². The van der Waals surface area contributed by atoms with Gasteiger partial charge in [-0.15, -0.1) is 0 Å². The van der Waals surface area contributed by atoms with Gasteiger partial charge in [0.25, 0.3) is 5.56 Å². The van der Waals surface area contributed by atoms with Gasteiger partial charge < -0.3 is 19.8 Å². The molecule has 1 aliphatic heterocycles. The molecule has 1 amide bonds. The maximum Gasteiger partial charge on any atom is 0.251 e. The average molecular weight is 364 g/mol. The van der Waals surface area contributed by atoms with Gasteiger partial charge in [0.2, 0.25) is 5.91 Å². The third-order valence-electron chi connectivity index (χ3n) is 4.51. The second-order valence-corrected chi connectivity index (χ2v) is 6.62. The molecule has 0 saturated carbocycles.